The summed E-state index contributed by atoms with van der Waals surface area (Å²) in [7, 11) is 1.77. The third-order valence-electron chi connectivity index (χ3n) is 5.42. The second-order valence-corrected chi connectivity index (χ2v) is 7.03. The predicted molar refractivity (Wildman–Crippen MR) is 83.1 cm³/mol. The van der Waals surface area contributed by atoms with Crippen LogP contribution in [0.3, 0.4) is 0 Å². The summed E-state index contributed by atoms with van der Waals surface area (Å²) in [6.07, 6.45) is 7.12. The molecule has 0 aromatic heterocycles. The number of aryl methyl sites for hydroxylation is 1. The fourth-order valence-corrected chi connectivity index (χ4v) is 4.32. The van der Waals surface area contributed by atoms with Crippen LogP contribution in [-0.2, 0) is 10.2 Å². The van der Waals surface area contributed by atoms with Crippen molar-refractivity contribution in [2.75, 3.05) is 26.8 Å². The molecule has 0 saturated heterocycles. The lowest BCUT2D eigenvalue weighted by atomic mass is 9.43. The lowest BCUT2D eigenvalue weighted by Gasteiger charge is -2.62. The number of hydrogen-bond donors (Lipinski definition) is 1. The van der Waals surface area contributed by atoms with Crippen LogP contribution in [0, 0.1) is 12.3 Å². The number of rotatable bonds is 6. The van der Waals surface area contributed by atoms with Crippen LogP contribution in [-0.4, -0.2) is 26.8 Å². The Labute approximate surface area is 122 Å². The summed E-state index contributed by atoms with van der Waals surface area (Å²) in [6.45, 7) is 5.06. The zero-order chi connectivity index (χ0) is 14.1. The van der Waals surface area contributed by atoms with Gasteiger partial charge in [-0.05, 0) is 43.6 Å². The number of methoxy groups -OCH3 is 1. The van der Waals surface area contributed by atoms with Crippen LogP contribution in [0.25, 0.3) is 0 Å². The first-order valence-electron chi connectivity index (χ1n) is 7.95. The van der Waals surface area contributed by atoms with Gasteiger partial charge >= 0.3 is 0 Å². The Kier molecular flexibility index (Phi) is 3.87. The van der Waals surface area contributed by atoms with Crippen LogP contribution in [0.5, 0.6) is 0 Å². The van der Waals surface area contributed by atoms with Crippen molar-refractivity contribution < 1.29 is 4.74 Å². The predicted octanol–water partition coefficient (Wildman–Crippen LogP) is 3.43. The lowest BCUT2D eigenvalue weighted by Crippen LogP contribution is -2.57. The second kappa shape index (κ2) is 5.50. The van der Waals surface area contributed by atoms with Crippen molar-refractivity contribution >= 4 is 0 Å². The first-order valence-corrected chi connectivity index (χ1v) is 7.95. The first kappa shape index (κ1) is 14.1. The van der Waals surface area contributed by atoms with Crippen LogP contribution < -0.4 is 5.32 Å². The highest BCUT2D eigenvalue weighted by molar-refractivity contribution is 5.35. The molecule has 2 nitrogen and oxygen atoms in total. The Morgan fingerprint density at radius 1 is 1.25 bits per heavy atom. The van der Waals surface area contributed by atoms with E-state index in [1.54, 1.807) is 12.7 Å². The van der Waals surface area contributed by atoms with E-state index in [9.17, 15) is 0 Å². The van der Waals surface area contributed by atoms with Gasteiger partial charge in [0.05, 0.1) is 6.61 Å². The SMILES string of the molecule is COCCNCC1(c2cccc(C)c2)CC2(CCC2)C1. The number of hydrogen-bond acceptors (Lipinski definition) is 2. The van der Waals surface area contributed by atoms with Crippen molar-refractivity contribution in [3.63, 3.8) is 0 Å². The summed E-state index contributed by atoms with van der Waals surface area (Å²) >= 11 is 0. The molecular formula is C18H27NO. The van der Waals surface area contributed by atoms with Crippen molar-refractivity contribution in [2.24, 2.45) is 5.41 Å². The molecule has 0 bridgehead atoms. The molecule has 1 aromatic carbocycles. The molecule has 2 aliphatic carbocycles. The van der Waals surface area contributed by atoms with Crippen LogP contribution in [0.2, 0.25) is 0 Å². The largest absolute Gasteiger partial charge is 0.383 e. The average molecular weight is 273 g/mol. The summed E-state index contributed by atoms with van der Waals surface area (Å²) in [5, 5.41) is 3.61. The van der Waals surface area contributed by atoms with Gasteiger partial charge in [-0.1, -0.05) is 36.2 Å². The standard InChI is InChI=1S/C18H27NO/c1-15-5-3-6-16(11-15)18(14-19-9-10-20-2)12-17(13-18)7-4-8-17/h3,5-6,11,19H,4,7-10,12-14H2,1-2H3. The molecular weight excluding hydrogens is 246 g/mol. The van der Waals surface area contributed by atoms with Gasteiger partial charge in [0, 0.05) is 25.6 Å². The Bertz CT molecular complexity index is 456. The molecule has 3 rings (SSSR count). The van der Waals surface area contributed by atoms with Gasteiger partial charge in [-0.25, -0.2) is 0 Å². The van der Waals surface area contributed by atoms with Crippen molar-refractivity contribution in [3.8, 4) is 0 Å². The smallest absolute Gasteiger partial charge is 0.0587 e. The average Bonchev–Trinajstić information content (AvgIpc) is 2.35. The highest BCUT2D eigenvalue weighted by Gasteiger charge is 2.57. The number of benzene rings is 1. The van der Waals surface area contributed by atoms with Gasteiger partial charge in [0.15, 0.2) is 0 Å². The van der Waals surface area contributed by atoms with Gasteiger partial charge in [-0.15, -0.1) is 0 Å². The van der Waals surface area contributed by atoms with Crippen LogP contribution in [0.1, 0.15) is 43.2 Å². The molecule has 0 unspecified atom stereocenters. The maximum atomic E-state index is 5.14. The van der Waals surface area contributed by atoms with Crippen molar-refractivity contribution in [1.82, 2.24) is 5.32 Å². The van der Waals surface area contributed by atoms with E-state index in [2.05, 4.69) is 36.5 Å². The van der Waals surface area contributed by atoms with E-state index in [0.29, 0.717) is 10.8 Å². The van der Waals surface area contributed by atoms with Crippen LogP contribution in [0.15, 0.2) is 24.3 Å². The lowest BCUT2D eigenvalue weighted by molar-refractivity contribution is -0.0485. The van der Waals surface area contributed by atoms with E-state index in [4.69, 9.17) is 4.74 Å². The molecule has 0 amide bonds. The van der Waals surface area contributed by atoms with Gasteiger partial charge < -0.3 is 10.1 Å². The Hall–Kier alpha value is -0.860. The normalized spacial score (nSPS) is 22.3. The molecule has 1 aromatic rings. The third kappa shape index (κ3) is 2.51. The maximum absolute atomic E-state index is 5.14. The van der Waals surface area contributed by atoms with Crippen molar-refractivity contribution in [3.05, 3.63) is 35.4 Å². The summed E-state index contributed by atoms with van der Waals surface area (Å²) < 4.78 is 5.14. The Balaban J connectivity index is 1.71. The van der Waals surface area contributed by atoms with Crippen LogP contribution >= 0.6 is 0 Å². The molecule has 110 valence electrons. The number of ether oxygens (including phenoxy) is 1. The zero-order valence-electron chi connectivity index (χ0n) is 12.9. The topological polar surface area (TPSA) is 21.3 Å². The maximum Gasteiger partial charge on any atom is 0.0587 e. The molecule has 0 aliphatic heterocycles. The minimum Gasteiger partial charge on any atom is -0.383 e. The molecule has 0 atom stereocenters. The molecule has 0 heterocycles. The van der Waals surface area contributed by atoms with Gasteiger partial charge in [0.1, 0.15) is 0 Å². The van der Waals surface area contributed by atoms with E-state index < -0.39 is 0 Å². The van der Waals surface area contributed by atoms with Gasteiger partial charge in [-0.3, -0.25) is 0 Å². The molecule has 2 saturated carbocycles. The van der Waals surface area contributed by atoms with Gasteiger partial charge in [-0.2, -0.15) is 0 Å². The fraction of sp³-hybridized carbons (Fsp3) is 0.667. The Morgan fingerprint density at radius 3 is 2.65 bits per heavy atom. The molecule has 1 spiro atoms. The highest BCUT2D eigenvalue weighted by Crippen LogP contribution is 2.64. The monoisotopic (exact) mass is 273 g/mol. The minimum atomic E-state index is 0.375. The van der Waals surface area contributed by atoms with E-state index in [1.165, 1.54) is 37.7 Å². The molecule has 2 heteroatoms. The van der Waals surface area contributed by atoms with E-state index >= 15 is 0 Å². The molecule has 20 heavy (non-hydrogen) atoms. The van der Waals surface area contributed by atoms with Gasteiger partial charge in [0.25, 0.3) is 0 Å². The summed E-state index contributed by atoms with van der Waals surface area (Å²) in [5.41, 5.74) is 4.00. The molecule has 1 N–H and O–H groups in total. The zero-order valence-corrected chi connectivity index (χ0v) is 12.9. The molecule has 2 aliphatic rings. The number of nitrogens with one attached hydrogen (secondary N) is 1. The molecule has 2 fully saturated rings. The summed E-state index contributed by atoms with van der Waals surface area (Å²) in [5.74, 6) is 0. The van der Waals surface area contributed by atoms with Gasteiger partial charge in [0.2, 0.25) is 0 Å². The fourth-order valence-electron chi connectivity index (χ4n) is 4.32. The quantitative estimate of drug-likeness (QED) is 0.802. The molecule has 0 radical (unpaired) electrons. The van der Waals surface area contributed by atoms with Crippen LogP contribution in [0.4, 0.5) is 0 Å². The van der Waals surface area contributed by atoms with E-state index in [-0.39, 0.29) is 0 Å². The van der Waals surface area contributed by atoms with E-state index in [0.717, 1.165) is 19.7 Å². The summed E-state index contributed by atoms with van der Waals surface area (Å²) in [6, 6.07) is 9.14. The van der Waals surface area contributed by atoms with Crippen molar-refractivity contribution in [2.45, 2.75) is 44.4 Å². The Morgan fingerprint density at radius 2 is 2.05 bits per heavy atom. The second-order valence-electron chi connectivity index (χ2n) is 7.03. The minimum absolute atomic E-state index is 0.375. The first-order chi connectivity index (χ1) is 9.68. The highest BCUT2D eigenvalue weighted by atomic mass is 16.5. The summed E-state index contributed by atoms with van der Waals surface area (Å²) in [4.78, 5) is 0. The van der Waals surface area contributed by atoms with Crippen molar-refractivity contribution in [1.29, 1.82) is 0 Å². The third-order valence-corrected chi connectivity index (χ3v) is 5.42. The van der Waals surface area contributed by atoms with E-state index in [1.807, 2.05) is 0 Å².